The first-order chi connectivity index (χ1) is 11.6. The van der Waals surface area contributed by atoms with Crippen LogP contribution < -0.4 is 10.2 Å². The summed E-state index contributed by atoms with van der Waals surface area (Å²) in [5.41, 5.74) is 2.45. The average Bonchev–Trinajstić information content (AvgIpc) is 3.07. The van der Waals surface area contributed by atoms with Crippen LogP contribution in [0.25, 0.3) is 0 Å². The minimum atomic E-state index is 0.0341. The third-order valence-electron chi connectivity index (χ3n) is 4.71. The summed E-state index contributed by atoms with van der Waals surface area (Å²) in [7, 11) is 0. The summed E-state index contributed by atoms with van der Waals surface area (Å²) in [4.78, 5) is 15.7. The van der Waals surface area contributed by atoms with Gasteiger partial charge in [-0.15, -0.1) is 11.3 Å². The van der Waals surface area contributed by atoms with Gasteiger partial charge < -0.3 is 10.2 Å². The van der Waals surface area contributed by atoms with Crippen LogP contribution in [-0.4, -0.2) is 19.0 Å². The highest BCUT2D eigenvalue weighted by Gasteiger charge is 2.17. The lowest BCUT2D eigenvalue weighted by Gasteiger charge is -2.33. The Bertz CT molecular complexity index is 651. The Morgan fingerprint density at radius 3 is 2.79 bits per heavy atom. The summed E-state index contributed by atoms with van der Waals surface area (Å²) < 4.78 is 0. The zero-order chi connectivity index (χ0) is 16.9. The Kier molecular flexibility index (Phi) is 5.56. The molecule has 2 atom stereocenters. The molecular formula is C20H26N2OS. The molecule has 1 aliphatic rings. The van der Waals surface area contributed by atoms with Crippen molar-refractivity contribution >= 4 is 22.9 Å². The SMILES string of the molecule is C[C@H]1CCCN(c2ccc([C@H](C)NC(=O)Cc3cccs3)cc2)C1. The highest BCUT2D eigenvalue weighted by Crippen LogP contribution is 2.24. The van der Waals surface area contributed by atoms with E-state index < -0.39 is 0 Å². The zero-order valence-electron chi connectivity index (χ0n) is 14.5. The van der Waals surface area contributed by atoms with Crippen LogP contribution >= 0.6 is 11.3 Å². The predicted octanol–water partition coefficient (Wildman–Crippen LogP) is 4.40. The van der Waals surface area contributed by atoms with Crippen LogP contribution in [0.4, 0.5) is 5.69 Å². The van der Waals surface area contributed by atoms with Crippen molar-refractivity contribution in [1.82, 2.24) is 5.32 Å². The summed E-state index contributed by atoms with van der Waals surface area (Å²) in [5, 5.41) is 5.10. The van der Waals surface area contributed by atoms with Gasteiger partial charge in [0.15, 0.2) is 0 Å². The van der Waals surface area contributed by atoms with Crippen molar-refractivity contribution < 1.29 is 4.79 Å². The van der Waals surface area contributed by atoms with E-state index in [1.165, 1.54) is 18.5 Å². The molecule has 0 bridgehead atoms. The van der Waals surface area contributed by atoms with Crippen LogP contribution in [0.15, 0.2) is 41.8 Å². The van der Waals surface area contributed by atoms with Gasteiger partial charge in [0.05, 0.1) is 12.5 Å². The van der Waals surface area contributed by atoms with Crippen molar-refractivity contribution in [3.05, 3.63) is 52.2 Å². The maximum absolute atomic E-state index is 12.1. The molecule has 2 aromatic rings. The van der Waals surface area contributed by atoms with Crippen LogP contribution in [0, 0.1) is 5.92 Å². The second-order valence-electron chi connectivity index (χ2n) is 6.83. The number of carbonyl (C=O) groups is 1. The Labute approximate surface area is 148 Å². The summed E-state index contributed by atoms with van der Waals surface area (Å²) in [6.45, 7) is 6.67. The number of hydrogen-bond acceptors (Lipinski definition) is 3. The molecule has 1 aromatic heterocycles. The third-order valence-corrected chi connectivity index (χ3v) is 5.58. The fourth-order valence-corrected chi connectivity index (χ4v) is 4.05. The van der Waals surface area contributed by atoms with E-state index in [1.54, 1.807) is 11.3 Å². The molecule has 3 nitrogen and oxygen atoms in total. The van der Waals surface area contributed by atoms with Crippen LogP contribution in [0.3, 0.4) is 0 Å². The number of thiophene rings is 1. The monoisotopic (exact) mass is 342 g/mol. The van der Waals surface area contributed by atoms with Crippen molar-refractivity contribution in [2.24, 2.45) is 5.92 Å². The number of rotatable bonds is 5. The number of amides is 1. The van der Waals surface area contributed by atoms with Gasteiger partial charge >= 0.3 is 0 Å². The topological polar surface area (TPSA) is 32.3 Å². The fourth-order valence-electron chi connectivity index (χ4n) is 3.34. The second-order valence-corrected chi connectivity index (χ2v) is 7.86. The molecule has 1 amide bonds. The van der Waals surface area contributed by atoms with Gasteiger partial charge in [0, 0.05) is 23.7 Å². The van der Waals surface area contributed by atoms with Crippen LogP contribution in [0.1, 0.15) is 43.2 Å². The molecule has 0 aliphatic carbocycles. The van der Waals surface area contributed by atoms with E-state index in [0.29, 0.717) is 6.42 Å². The van der Waals surface area contributed by atoms with E-state index in [2.05, 4.69) is 41.4 Å². The Balaban J connectivity index is 1.57. The molecule has 1 fully saturated rings. The summed E-state index contributed by atoms with van der Waals surface area (Å²) in [6, 6.07) is 12.7. The molecule has 0 unspecified atom stereocenters. The lowest BCUT2D eigenvalue weighted by atomic mass is 9.99. The molecule has 1 aliphatic heterocycles. The zero-order valence-corrected chi connectivity index (χ0v) is 15.3. The first-order valence-electron chi connectivity index (χ1n) is 8.78. The Morgan fingerprint density at radius 1 is 1.33 bits per heavy atom. The van der Waals surface area contributed by atoms with Crippen molar-refractivity contribution in [2.75, 3.05) is 18.0 Å². The van der Waals surface area contributed by atoms with Gasteiger partial charge in [0.1, 0.15) is 0 Å². The quantitative estimate of drug-likeness (QED) is 0.873. The van der Waals surface area contributed by atoms with Crippen molar-refractivity contribution in [3.63, 3.8) is 0 Å². The third kappa shape index (κ3) is 4.38. The van der Waals surface area contributed by atoms with E-state index in [1.807, 2.05) is 24.4 Å². The summed E-state index contributed by atoms with van der Waals surface area (Å²) >= 11 is 1.63. The van der Waals surface area contributed by atoms with Gasteiger partial charge in [-0.25, -0.2) is 0 Å². The molecule has 4 heteroatoms. The van der Waals surface area contributed by atoms with Gasteiger partial charge in [-0.3, -0.25) is 4.79 Å². The van der Waals surface area contributed by atoms with Crippen LogP contribution in [0.2, 0.25) is 0 Å². The maximum atomic E-state index is 12.1. The normalized spacial score (nSPS) is 19.1. The van der Waals surface area contributed by atoms with E-state index >= 15 is 0 Å². The number of hydrogen-bond donors (Lipinski definition) is 1. The summed E-state index contributed by atoms with van der Waals surface area (Å²) in [5.74, 6) is 0.854. The van der Waals surface area contributed by atoms with E-state index in [0.717, 1.165) is 29.4 Å². The Morgan fingerprint density at radius 2 is 2.12 bits per heavy atom. The second kappa shape index (κ2) is 7.84. The highest BCUT2D eigenvalue weighted by molar-refractivity contribution is 7.10. The largest absolute Gasteiger partial charge is 0.371 e. The first kappa shape index (κ1) is 17.0. The van der Waals surface area contributed by atoms with Crippen molar-refractivity contribution in [2.45, 2.75) is 39.2 Å². The smallest absolute Gasteiger partial charge is 0.225 e. The van der Waals surface area contributed by atoms with E-state index in [9.17, 15) is 4.79 Å². The fraction of sp³-hybridized carbons (Fsp3) is 0.450. The number of carbonyl (C=O) groups excluding carboxylic acids is 1. The molecule has 24 heavy (non-hydrogen) atoms. The molecular weight excluding hydrogens is 316 g/mol. The van der Waals surface area contributed by atoms with E-state index in [4.69, 9.17) is 0 Å². The molecule has 0 spiro atoms. The minimum absolute atomic E-state index is 0.0341. The molecule has 1 saturated heterocycles. The predicted molar refractivity (Wildman–Crippen MR) is 102 cm³/mol. The number of nitrogens with zero attached hydrogens (tertiary/aromatic N) is 1. The van der Waals surface area contributed by atoms with Gasteiger partial charge in [-0.1, -0.05) is 25.1 Å². The maximum Gasteiger partial charge on any atom is 0.225 e. The van der Waals surface area contributed by atoms with Gasteiger partial charge in [0.2, 0.25) is 5.91 Å². The lowest BCUT2D eigenvalue weighted by molar-refractivity contribution is -0.121. The average molecular weight is 343 g/mol. The van der Waals surface area contributed by atoms with Gasteiger partial charge in [-0.2, -0.15) is 0 Å². The number of nitrogens with one attached hydrogen (secondary N) is 1. The van der Waals surface area contributed by atoms with Gasteiger partial charge in [0.25, 0.3) is 0 Å². The minimum Gasteiger partial charge on any atom is -0.371 e. The van der Waals surface area contributed by atoms with Crippen LogP contribution in [-0.2, 0) is 11.2 Å². The molecule has 1 aromatic carbocycles. The van der Waals surface area contributed by atoms with E-state index in [-0.39, 0.29) is 11.9 Å². The number of piperidine rings is 1. The lowest BCUT2D eigenvalue weighted by Crippen LogP contribution is -2.34. The number of benzene rings is 1. The molecule has 2 heterocycles. The molecule has 128 valence electrons. The summed E-state index contributed by atoms with van der Waals surface area (Å²) in [6.07, 6.45) is 3.08. The molecule has 0 radical (unpaired) electrons. The molecule has 0 saturated carbocycles. The van der Waals surface area contributed by atoms with Crippen molar-refractivity contribution in [3.8, 4) is 0 Å². The number of anilines is 1. The van der Waals surface area contributed by atoms with Crippen molar-refractivity contribution in [1.29, 1.82) is 0 Å². The van der Waals surface area contributed by atoms with Crippen LogP contribution in [0.5, 0.6) is 0 Å². The standard InChI is InChI=1S/C20H26N2OS/c1-15-5-3-11-22(14-15)18-9-7-17(8-10-18)16(2)21-20(23)13-19-6-4-12-24-19/h4,6-10,12,15-16H,3,5,11,13-14H2,1-2H3,(H,21,23)/t15-,16-/m0/s1. The Hall–Kier alpha value is -1.81. The molecule has 1 N–H and O–H groups in total. The first-order valence-corrected chi connectivity index (χ1v) is 9.66. The van der Waals surface area contributed by atoms with Gasteiger partial charge in [-0.05, 0) is 54.8 Å². The molecule has 3 rings (SSSR count). The highest BCUT2D eigenvalue weighted by atomic mass is 32.1.